The van der Waals surface area contributed by atoms with Crippen molar-refractivity contribution in [3.8, 4) is 0 Å². The first kappa shape index (κ1) is 11.8. The molecule has 0 bridgehead atoms. The van der Waals surface area contributed by atoms with Crippen LogP contribution in [0.4, 0.5) is 0 Å². The zero-order valence-electron chi connectivity index (χ0n) is 8.52. The fourth-order valence-electron chi connectivity index (χ4n) is 1.44. The van der Waals surface area contributed by atoms with Gasteiger partial charge in [0, 0.05) is 12.9 Å². The summed E-state index contributed by atoms with van der Waals surface area (Å²) in [4.78, 5) is 11.4. The number of carbonyl (C=O) groups excluding carboxylic acids is 1. The van der Waals surface area contributed by atoms with Crippen molar-refractivity contribution in [2.75, 3.05) is 32.5 Å². The summed E-state index contributed by atoms with van der Waals surface area (Å²) in [6.45, 7) is 0.239. The lowest BCUT2D eigenvalue weighted by Crippen LogP contribution is -2.37. The molecule has 0 aromatic carbocycles. The van der Waals surface area contributed by atoms with E-state index in [1.165, 1.54) is 7.11 Å². The van der Waals surface area contributed by atoms with Crippen molar-refractivity contribution >= 4 is 17.7 Å². The van der Waals surface area contributed by atoms with Crippen LogP contribution in [0.3, 0.4) is 0 Å². The SMILES string of the molecule is COCO[C@H]1CCSC[C@H]1C(=O)OC. The van der Waals surface area contributed by atoms with Gasteiger partial charge in [-0.1, -0.05) is 0 Å². The highest BCUT2D eigenvalue weighted by molar-refractivity contribution is 7.99. The van der Waals surface area contributed by atoms with Gasteiger partial charge in [0.15, 0.2) is 0 Å². The van der Waals surface area contributed by atoms with Gasteiger partial charge in [-0.05, 0) is 12.2 Å². The summed E-state index contributed by atoms with van der Waals surface area (Å²) >= 11 is 1.76. The van der Waals surface area contributed by atoms with Gasteiger partial charge in [0.25, 0.3) is 0 Å². The van der Waals surface area contributed by atoms with Crippen molar-refractivity contribution < 1.29 is 19.0 Å². The molecule has 1 rings (SSSR count). The third kappa shape index (κ3) is 3.15. The maximum Gasteiger partial charge on any atom is 0.312 e. The largest absolute Gasteiger partial charge is 0.469 e. The Morgan fingerprint density at radius 2 is 2.29 bits per heavy atom. The standard InChI is InChI=1S/C9H16O4S/c1-11-6-13-8-3-4-14-5-7(8)9(10)12-2/h7-8H,3-6H2,1-2H3/t7-,8+/m1/s1. The first-order valence-corrected chi connectivity index (χ1v) is 5.71. The van der Waals surface area contributed by atoms with Crippen molar-refractivity contribution in [2.45, 2.75) is 12.5 Å². The summed E-state index contributed by atoms with van der Waals surface area (Å²) in [7, 11) is 2.99. The van der Waals surface area contributed by atoms with E-state index in [1.54, 1.807) is 18.9 Å². The molecule has 1 heterocycles. The molecule has 0 radical (unpaired) electrons. The lowest BCUT2D eigenvalue weighted by atomic mass is 10.0. The summed E-state index contributed by atoms with van der Waals surface area (Å²) in [6, 6.07) is 0. The lowest BCUT2D eigenvalue weighted by Gasteiger charge is -2.28. The number of rotatable bonds is 4. The molecular formula is C9H16O4S. The van der Waals surface area contributed by atoms with Gasteiger partial charge in [-0.15, -0.1) is 0 Å². The number of carbonyl (C=O) groups is 1. The average molecular weight is 220 g/mol. The Labute approximate surface area is 88.3 Å². The molecule has 14 heavy (non-hydrogen) atoms. The van der Waals surface area contributed by atoms with E-state index in [2.05, 4.69) is 0 Å². The van der Waals surface area contributed by atoms with Gasteiger partial charge < -0.3 is 14.2 Å². The van der Waals surface area contributed by atoms with E-state index < -0.39 is 0 Å². The highest BCUT2D eigenvalue weighted by Crippen LogP contribution is 2.26. The van der Waals surface area contributed by atoms with Crippen LogP contribution in [0.1, 0.15) is 6.42 Å². The molecule has 5 heteroatoms. The van der Waals surface area contributed by atoms with Crippen molar-refractivity contribution in [1.29, 1.82) is 0 Å². The topological polar surface area (TPSA) is 44.8 Å². The number of hydrogen-bond acceptors (Lipinski definition) is 5. The quantitative estimate of drug-likeness (QED) is 0.520. The molecule has 1 aliphatic heterocycles. The van der Waals surface area contributed by atoms with Crippen LogP contribution in [-0.2, 0) is 19.0 Å². The maximum absolute atomic E-state index is 11.4. The van der Waals surface area contributed by atoms with Gasteiger partial charge in [-0.3, -0.25) is 4.79 Å². The molecule has 0 amide bonds. The van der Waals surface area contributed by atoms with Crippen molar-refractivity contribution in [2.24, 2.45) is 5.92 Å². The fourth-order valence-corrected chi connectivity index (χ4v) is 2.61. The normalized spacial score (nSPS) is 27.3. The monoisotopic (exact) mass is 220 g/mol. The van der Waals surface area contributed by atoms with E-state index >= 15 is 0 Å². The van der Waals surface area contributed by atoms with Gasteiger partial charge >= 0.3 is 5.97 Å². The number of thioether (sulfide) groups is 1. The molecule has 2 atom stereocenters. The minimum Gasteiger partial charge on any atom is -0.469 e. The van der Waals surface area contributed by atoms with Crippen LogP contribution in [0.2, 0.25) is 0 Å². The van der Waals surface area contributed by atoms with Crippen LogP contribution in [0, 0.1) is 5.92 Å². The summed E-state index contributed by atoms with van der Waals surface area (Å²) in [5, 5.41) is 0. The number of esters is 1. The molecule has 1 saturated heterocycles. The molecule has 0 saturated carbocycles. The second kappa shape index (κ2) is 6.27. The molecule has 0 aromatic heterocycles. The van der Waals surface area contributed by atoms with Gasteiger partial charge in [0.2, 0.25) is 0 Å². The molecule has 0 N–H and O–H groups in total. The third-order valence-corrected chi connectivity index (χ3v) is 3.32. The van der Waals surface area contributed by atoms with Gasteiger partial charge in [-0.2, -0.15) is 11.8 Å². The highest BCUT2D eigenvalue weighted by Gasteiger charge is 2.32. The van der Waals surface area contributed by atoms with Gasteiger partial charge in [0.1, 0.15) is 6.79 Å². The minimum atomic E-state index is -0.182. The highest BCUT2D eigenvalue weighted by atomic mass is 32.2. The van der Waals surface area contributed by atoms with Crippen molar-refractivity contribution in [3.05, 3.63) is 0 Å². The second-order valence-corrected chi connectivity index (χ2v) is 4.25. The molecule has 0 spiro atoms. The molecule has 1 aliphatic rings. The molecule has 0 aromatic rings. The smallest absolute Gasteiger partial charge is 0.312 e. The maximum atomic E-state index is 11.4. The van der Waals surface area contributed by atoms with E-state index in [9.17, 15) is 4.79 Å². The Morgan fingerprint density at radius 1 is 1.50 bits per heavy atom. The van der Waals surface area contributed by atoms with E-state index in [0.29, 0.717) is 0 Å². The molecule has 82 valence electrons. The third-order valence-electron chi connectivity index (χ3n) is 2.20. The second-order valence-electron chi connectivity index (χ2n) is 3.10. The zero-order chi connectivity index (χ0) is 10.4. The van der Waals surface area contributed by atoms with Gasteiger partial charge in [-0.25, -0.2) is 0 Å². The van der Waals surface area contributed by atoms with E-state index in [0.717, 1.165) is 17.9 Å². The summed E-state index contributed by atoms with van der Waals surface area (Å²) in [6.07, 6.45) is 0.831. The van der Waals surface area contributed by atoms with Crippen LogP contribution in [0.15, 0.2) is 0 Å². The van der Waals surface area contributed by atoms with Crippen LogP contribution in [0.5, 0.6) is 0 Å². The Kier molecular flexibility index (Phi) is 5.29. The molecular weight excluding hydrogens is 204 g/mol. The van der Waals surface area contributed by atoms with Crippen LogP contribution >= 0.6 is 11.8 Å². The molecule has 4 nitrogen and oxygen atoms in total. The Balaban J connectivity index is 2.45. The van der Waals surface area contributed by atoms with Crippen LogP contribution in [-0.4, -0.2) is 44.6 Å². The average Bonchev–Trinajstić information content (AvgIpc) is 2.25. The van der Waals surface area contributed by atoms with Crippen molar-refractivity contribution in [1.82, 2.24) is 0 Å². The van der Waals surface area contributed by atoms with E-state index in [4.69, 9.17) is 14.2 Å². The van der Waals surface area contributed by atoms with E-state index in [-0.39, 0.29) is 24.8 Å². The predicted octanol–water partition coefficient (Wildman–Crippen LogP) is 0.902. The lowest BCUT2D eigenvalue weighted by molar-refractivity contribution is -0.155. The van der Waals surface area contributed by atoms with Crippen LogP contribution < -0.4 is 0 Å². The molecule has 1 fully saturated rings. The van der Waals surface area contributed by atoms with E-state index in [1.807, 2.05) is 0 Å². The van der Waals surface area contributed by atoms with Crippen LogP contribution in [0.25, 0.3) is 0 Å². The molecule has 0 unspecified atom stereocenters. The summed E-state index contributed by atoms with van der Waals surface area (Å²) in [5.41, 5.74) is 0. The van der Waals surface area contributed by atoms with Crippen molar-refractivity contribution in [3.63, 3.8) is 0 Å². The zero-order valence-corrected chi connectivity index (χ0v) is 9.34. The Morgan fingerprint density at radius 3 is 2.93 bits per heavy atom. The number of hydrogen-bond donors (Lipinski definition) is 0. The van der Waals surface area contributed by atoms with Gasteiger partial charge in [0.05, 0.1) is 19.1 Å². The summed E-state index contributed by atoms with van der Waals surface area (Å²) in [5.74, 6) is 1.48. The number of ether oxygens (including phenoxy) is 3. The summed E-state index contributed by atoms with van der Waals surface area (Å²) < 4.78 is 15.0. The molecule has 0 aliphatic carbocycles. The Hall–Kier alpha value is -0.260. The first-order valence-electron chi connectivity index (χ1n) is 4.55. The predicted molar refractivity (Wildman–Crippen MR) is 54.2 cm³/mol. The fraction of sp³-hybridized carbons (Fsp3) is 0.889. The number of methoxy groups -OCH3 is 2. The Bertz CT molecular complexity index is 186. The first-order chi connectivity index (χ1) is 6.79. The minimum absolute atomic E-state index is 0.0522.